The summed E-state index contributed by atoms with van der Waals surface area (Å²) < 4.78 is 7.42. The van der Waals surface area contributed by atoms with Gasteiger partial charge < -0.3 is 10.1 Å². The minimum atomic E-state index is -0.454. The second-order valence-electron chi connectivity index (χ2n) is 8.33. The second-order valence-corrected chi connectivity index (χ2v) is 9.36. The summed E-state index contributed by atoms with van der Waals surface area (Å²) in [5.74, 6) is -0.454. The molecule has 0 spiro atoms. The topological polar surface area (TPSA) is 84.1 Å². The van der Waals surface area contributed by atoms with Gasteiger partial charge in [0, 0.05) is 13.7 Å². The van der Waals surface area contributed by atoms with Crippen molar-refractivity contribution in [3.8, 4) is 6.07 Å². The number of carbonyl (C=O) groups excluding carboxylic acids is 1. The van der Waals surface area contributed by atoms with Gasteiger partial charge in [-0.2, -0.15) is 5.26 Å². The predicted octanol–water partition coefficient (Wildman–Crippen LogP) is 2.27. The minimum Gasteiger partial charge on any atom is -0.383 e. The molecular weight excluding hydrogens is 410 g/mol. The van der Waals surface area contributed by atoms with Crippen molar-refractivity contribution < 1.29 is 9.53 Å². The molecule has 2 rings (SSSR count). The number of unbranched alkanes of at least 4 members (excludes halogenated alkanes) is 1. The molecule has 7 heteroatoms. The fourth-order valence-electron chi connectivity index (χ4n) is 2.98. The zero-order chi connectivity index (χ0) is 23.0. The summed E-state index contributed by atoms with van der Waals surface area (Å²) in [6, 6.07) is 10.1. The molecule has 0 unspecified atom stereocenters. The van der Waals surface area contributed by atoms with E-state index in [1.54, 1.807) is 13.2 Å². The molecule has 0 fully saturated rings. The normalized spacial score (nSPS) is 13.1. The maximum absolute atomic E-state index is 13.1. The maximum atomic E-state index is 13.1. The fourth-order valence-corrected chi connectivity index (χ4v) is 4.11. The summed E-state index contributed by atoms with van der Waals surface area (Å²) in [4.78, 5) is 25.6. The van der Waals surface area contributed by atoms with Gasteiger partial charge in [-0.25, -0.2) is 0 Å². The van der Waals surface area contributed by atoms with Gasteiger partial charge in [-0.3, -0.25) is 14.2 Å². The van der Waals surface area contributed by atoms with Crippen molar-refractivity contribution in [3.63, 3.8) is 0 Å². The Kier molecular flexibility index (Phi) is 8.78. The molecule has 0 atom stereocenters. The molecule has 0 saturated carbocycles. The SMILES string of the molecule is CCCCNC(=O)/C(C#N)=c1\s/c(=C\c2ccc(C(C)(C)C)cc2)c(=O)n1CCOC. The molecule has 0 aliphatic heterocycles. The minimum absolute atomic E-state index is 0.0444. The Morgan fingerprint density at radius 3 is 2.52 bits per heavy atom. The lowest BCUT2D eigenvalue weighted by molar-refractivity contribution is -0.115. The highest BCUT2D eigenvalue weighted by Crippen LogP contribution is 2.22. The van der Waals surface area contributed by atoms with Crippen LogP contribution in [0.2, 0.25) is 0 Å². The summed E-state index contributed by atoms with van der Waals surface area (Å²) in [7, 11) is 1.55. The van der Waals surface area contributed by atoms with Crippen molar-refractivity contribution in [2.24, 2.45) is 0 Å². The quantitative estimate of drug-likeness (QED) is 0.637. The largest absolute Gasteiger partial charge is 0.383 e. The van der Waals surface area contributed by atoms with E-state index in [1.165, 1.54) is 10.1 Å². The molecule has 0 aliphatic carbocycles. The van der Waals surface area contributed by atoms with Crippen LogP contribution in [0.15, 0.2) is 29.1 Å². The molecule has 0 radical (unpaired) electrons. The van der Waals surface area contributed by atoms with Crippen LogP contribution in [0.4, 0.5) is 0 Å². The van der Waals surface area contributed by atoms with Crippen molar-refractivity contribution in [2.75, 3.05) is 20.3 Å². The standard InChI is InChI=1S/C24H31N3O3S/c1-6-7-12-26-21(28)19(16-25)23-27(13-14-30-5)22(29)20(31-23)15-17-8-10-18(11-9-17)24(2,3)4/h8-11,15H,6-7,12-14H2,1-5H3,(H,26,28)/b20-15-,23-19-. The number of methoxy groups -OCH3 is 1. The van der Waals surface area contributed by atoms with Gasteiger partial charge >= 0.3 is 0 Å². The molecule has 166 valence electrons. The lowest BCUT2D eigenvalue weighted by Crippen LogP contribution is -2.36. The highest BCUT2D eigenvalue weighted by Gasteiger charge is 2.16. The Bertz CT molecular complexity index is 1110. The molecule has 2 aromatic rings. The van der Waals surface area contributed by atoms with E-state index in [0.29, 0.717) is 22.3 Å². The number of nitrogens with one attached hydrogen (secondary N) is 1. The van der Waals surface area contributed by atoms with Crippen LogP contribution in [0.1, 0.15) is 51.7 Å². The van der Waals surface area contributed by atoms with Gasteiger partial charge in [0.05, 0.1) is 17.7 Å². The van der Waals surface area contributed by atoms with E-state index in [-0.39, 0.29) is 23.1 Å². The summed E-state index contributed by atoms with van der Waals surface area (Å²) in [6.45, 7) is 9.54. The van der Waals surface area contributed by atoms with Gasteiger partial charge in [-0.15, -0.1) is 11.3 Å². The van der Waals surface area contributed by atoms with E-state index < -0.39 is 5.91 Å². The molecule has 1 N–H and O–H groups in total. The Morgan fingerprint density at radius 1 is 1.29 bits per heavy atom. The number of amides is 1. The lowest BCUT2D eigenvalue weighted by atomic mass is 9.87. The number of hydrogen-bond acceptors (Lipinski definition) is 5. The van der Waals surface area contributed by atoms with Crippen LogP contribution in [0.5, 0.6) is 0 Å². The van der Waals surface area contributed by atoms with Gasteiger partial charge in [-0.05, 0) is 29.0 Å². The number of ether oxygens (including phenoxy) is 1. The third-order valence-corrected chi connectivity index (χ3v) is 6.00. The number of nitrogens with zero attached hydrogens (tertiary/aromatic N) is 2. The van der Waals surface area contributed by atoms with Crippen LogP contribution < -0.4 is 20.1 Å². The number of rotatable bonds is 8. The number of benzene rings is 1. The van der Waals surface area contributed by atoms with Crippen LogP contribution in [0.3, 0.4) is 0 Å². The summed E-state index contributed by atoms with van der Waals surface area (Å²) in [6.07, 6.45) is 3.57. The van der Waals surface area contributed by atoms with E-state index in [9.17, 15) is 14.9 Å². The predicted molar refractivity (Wildman–Crippen MR) is 125 cm³/mol. The first kappa shape index (κ1) is 24.6. The number of carbonyl (C=O) groups is 1. The molecular formula is C24H31N3O3S. The average molecular weight is 442 g/mol. The number of aromatic nitrogens is 1. The van der Waals surface area contributed by atoms with Gasteiger partial charge in [0.25, 0.3) is 11.5 Å². The maximum Gasteiger partial charge on any atom is 0.269 e. The number of nitriles is 1. The van der Waals surface area contributed by atoms with Gasteiger partial charge in [0.15, 0.2) is 5.57 Å². The average Bonchev–Trinajstić information content (AvgIpc) is 3.02. The van der Waals surface area contributed by atoms with Crippen molar-refractivity contribution in [1.29, 1.82) is 5.26 Å². The molecule has 1 heterocycles. The van der Waals surface area contributed by atoms with E-state index >= 15 is 0 Å². The van der Waals surface area contributed by atoms with Gasteiger partial charge in [-0.1, -0.05) is 58.4 Å². The monoisotopic (exact) mass is 441 g/mol. The molecule has 1 aromatic carbocycles. The highest BCUT2D eigenvalue weighted by atomic mass is 32.1. The molecule has 0 bridgehead atoms. The van der Waals surface area contributed by atoms with Crippen LogP contribution in [0.25, 0.3) is 11.6 Å². The Labute approximate surface area is 187 Å². The van der Waals surface area contributed by atoms with E-state index in [0.717, 1.165) is 29.7 Å². The first-order valence-electron chi connectivity index (χ1n) is 10.5. The first-order valence-corrected chi connectivity index (χ1v) is 11.3. The third-order valence-electron chi connectivity index (χ3n) is 4.87. The number of thiazole rings is 1. The van der Waals surface area contributed by atoms with Crippen molar-refractivity contribution in [1.82, 2.24) is 9.88 Å². The molecule has 31 heavy (non-hydrogen) atoms. The molecule has 0 aliphatic rings. The van der Waals surface area contributed by atoms with E-state index in [1.807, 2.05) is 25.1 Å². The summed E-state index contributed by atoms with van der Waals surface area (Å²) in [5, 5.41) is 12.4. The fraction of sp³-hybridized carbons (Fsp3) is 0.458. The zero-order valence-electron chi connectivity index (χ0n) is 18.9. The lowest BCUT2D eigenvalue weighted by Gasteiger charge is -2.18. The first-order chi connectivity index (χ1) is 14.7. The highest BCUT2D eigenvalue weighted by molar-refractivity contribution is 7.07. The van der Waals surface area contributed by atoms with Crippen LogP contribution >= 0.6 is 11.3 Å². The van der Waals surface area contributed by atoms with Crippen LogP contribution in [0, 0.1) is 11.3 Å². The van der Waals surface area contributed by atoms with Crippen molar-refractivity contribution in [2.45, 2.75) is 52.5 Å². The summed E-state index contributed by atoms with van der Waals surface area (Å²) >= 11 is 1.16. The van der Waals surface area contributed by atoms with E-state index in [2.05, 4.69) is 38.2 Å². The number of hydrogen-bond donors (Lipinski definition) is 1. The van der Waals surface area contributed by atoms with Gasteiger partial charge in [0.2, 0.25) is 0 Å². The Hall–Kier alpha value is -2.69. The third kappa shape index (κ3) is 6.39. The molecule has 6 nitrogen and oxygen atoms in total. The molecule has 1 amide bonds. The summed E-state index contributed by atoms with van der Waals surface area (Å²) in [5.41, 5.74) is 1.87. The van der Waals surface area contributed by atoms with Crippen molar-refractivity contribution in [3.05, 3.63) is 54.9 Å². The smallest absolute Gasteiger partial charge is 0.269 e. The van der Waals surface area contributed by atoms with Gasteiger partial charge in [0.1, 0.15) is 10.7 Å². The van der Waals surface area contributed by atoms with E-state index in [4.69, 9.17) is 4.74 Å². The van der Waals surface area contributed by atoms with Crippen molar-refractivity contribution >= 4 is 28.9 Å². The molecule has 1 aromatic heterocycles. The second kappa shape index (κ2) is 11.1. The Morgan fingerprint density at radius 2 is 1.97 bits per heavy atom. The Balaban J connectivity index is 2.59. The molecule has 0 saturated heterocycles. The zero-order valence-corrected chi connectivity index (χ0v) is 19.8. The van der Waals surface area contributed by atoms with Crippen LogP contribution in [-0.2, 0) is 21.5 Å². The van der Waals surface area contributed by atoms with Crippen LogP contribution in [-0.4, -0.2) is 30.7 Å².